The highest BCUT2D eigenvalue weighted by Gasteiger charge is 2.38. The number of hydrogen-bond acceptors (Lipinski definition) is 3. The number of urea groups is 1. The van der Waals surface area contributed by atoms with E-state index in [4.69, 9.17) is 5.11 Å². The Morgan fingerprint density at radius 3 is 2.38 bits per heavy atom. The van der Waals surface area contributed by atoms with Crippen molar-refractivity contribution < 1.29 is 19.8 Å². The van der Waals surface area contributed by atoms with E-state index in [1.165, 1.54) is 0 Å². The lowest BCUT2D eigenvalue weighted by atomic mass is 9.79. The quantitative estimate of drug-likeness (QED) is 0.740. The first kappa shape index (κ1) is 16.1. The Morgan fingerprint density at radius 2 is 1.81 bits per heavy atom. The van der Waals surface area contributed by atoms with E-state index in [-0.39, 0.29) is 12.5 Å². The van der Waals surface area contributed by atoms with Crippen LogP contribution in [0, 0.1) is 0 Å². The van der Waals surface area contributed by atoms with Gasteiger partial charge in [0.1, 0.15) is 0 Å². The Morgan fingerprint density at radius 1 is 1.14 bits per heavy atom. The molecule has 0 aromatic rings. The highest BCUT2D eigenvalue weighted by Crippen LogP contribution is 2.31. The number of amides is 2. The van der Waals surface area contributed by atoms with Crippen LogP contribution in [0.25, 0.3) is 0 Å². The molecule has 6 nitrogen and oxygen atoms in total. The zero-order valence-electron chi connectivity index (χ0n) is 12.7. The van der Waals surface area contributed by atoms with E-state index in [9.17, 15) is 14.7 Å². The second-order valence-electron chi connectivity index (χ2n) is 6.86. The monoisotopic (exact) mass is 298 g/mol. The molecule has 21 heavy (non-hydrogen) atoms. The molecule has 2 rings (SSSR count). The number of aliphatic hydroxyl groups is 1. The van der Waals surface area contributed by atoms with E-state index < -0.39 is 17.1 Å². The van der Waals surface area contributed by atoms with Crippen molar-refractivity contribution in [3.05, 3.63) is 0 Å². The maximum absolute atomic E-state index is 12.5. The van der Waals surface area contributed by atoms with Crippen molar-refractivity contribution in [1.82, 2.24) is 10.2 Å². The number of carbonyl (C=O) groups is 2. The van der Waals surface area contributed by atoms with Gasteiger partial charge in [-0.1, -0.05) is 19.3 Å². The van der Waals surface area contributed by atoms with E-state index in [1.807, 2.05) is 0 Å². The molecule has 0 spiro atoms. The molecule has 1 atom stereocenters. The van der Waals surface area contributed by atoms with Gasteiger partial charge in [0.2, 0.25) is 0 Å². The number of rotatable bonds is 3. The summed E-state index contributed by atoms with van der Waals surface area (Å²) in [5.41, 5.74) is -1.47. The van der Waals surface area contributed by atoms with Crippen LogP contribution in [-0.4, -0.2) is 51.3 Å². The highest BCUT2D eigenvalue weighted by atomic mass is 16.4. The zero-order valence-corrected chi connectivity index (χ0v) is 12.7. The minimum atomic E-state index is -0.872. The van der Waals surface area contributed by atoms with Crippen molar-refractivity contribution in [2.75, 3.05) is 13.1 Å². The first-order valence-electron chi connectivity index (χ1n) is 7.83. The van der Waals surface area contributed by atoms with E-state index in [1.54, 1.807) is 11.8 Å². The van der Waals surface area contributed by atoms with Crippen molar-refractivity contribution in [2.45, 2.75) is 69.4 Å². The summed E-state index contributed by atoms with van der Waals surface area (Å²) in [6.07, 6.45) is 5.86. The number of hydrogen-bond donors (Lipinski definition) is 3. The Balaban J connectivity index is 2.02. The fraction of sp³-hybridized carbons (Fsp3) is 0.867. The molecule has 0 bridgehead atoms. The summed E-state index contributed by atoms with van der Waals surface area (Å²) in [6, 6.07) is -0.238. The Hall–Kier alpha value is -1.30. The SMILES string of the molecule is CC1(O)CCCN(C(=O)NC2(CC(=O)O)CCCCC2)C1. The number of piperidine rings is 1. The van der Waals surface area contributed by atoms with E-state index in [2.05, 4.69) is 5.32 Å². The molecular weight excluding hydrogens is 272 g/mol. The maximum Gasteiger partial charge on any atom is 0.317 e. The van der Waals surface area contributed by atoms with Gasteiger partial charge in [-0.15, -0.1) is 0 Å². The number of carbonyl (C=O) groups excluding carboxylic acids is 1. The van der Waals surface area contributed by atoms with Gasteiger partial charge in [0, 0.05) is 6.54 Å². The zero-order chi connectivity index (χ0) is 15.5. The number of aliphatic carboxylic acids is 1. The normalized spacial score (nSPS) is 29.0. The lowest BCUT2D eigenvalue weighted by Crippen LogP contribution is -2.58. The largest absolute Gasteiger partial charge is 0.481 e. The van der Waals surface area contributed by atoms with Crippen LogP contribution in [0.5, 0.6) is 0 Å². The first-order valence-corrected chi connectivity index (χ1v) is 7.83. The molecule has 120 valence electrons. The van der Waals surface area contributed by atoms with Crippen LogP contribution in [0.1, 0.15) is 58.3 Å². The van der Waals surface area contributed by atoms with Crippen LogP contribution < -0.4 is 5.32 Å². The summed E-state index contributed by atoms with van der Waals surface area (Å²) in [5, 5.41) is 22.2. The van der Waals surface area contributed by atoms with Crippen molar-refractivity contribution in [2.24, 2.45) is 0 Å². The van der Waals surface area contributed by atoms with Crippen molar-refractivity contribution in [3.8, 4) is 0 Å². The number of carboxylic acid groups (broad SMARTS) is 1. The molecule has 6 heteroatoms. The summed E-state index contributed by atoms with van der Waals surface area (Å²) in [5.74, 6) is -0.872. The minimum absolute atomic E-state index is 0.0248. The van der Waals surface area contributed by atoms with Crippen LogP contribution in [-0.2, 0) is 4.79 Å². The highest BCUT2D eigenvalue weighted by molar-refractivity contribution is 5.77. The number of likely N-dealkylation sites (tertiary alicyclic amines) is 1. The molecule has 1 saturated heterocycles. The topological polar surface area (TPSA) is 89.9 Å². The van der Waals surface area contributed by atoms with Gasteiger partial charge >= 0.3 is 12.0 Å². The molecule has 0 aromatic carbocycles. The van der Waals surface area contributed by atoms with E-state index >= 15 is 0 Å². The second-order valence-corrected chi connectivity index (χ2v) is 6.86. The van der Waals surface area contributed by atoms with Gasteiger partial charge < -0.3 is 20.4 Å². The third-order valence-corrected chi connectivity index (χ3v) is 4.63. The molecule has 2 aliphatic rings. The average Bonchev–Trinajstić information content (AvgIpc) is 2.37. The first-order chi connectivity index (χ1) is 9.82. The van der Waals surface area contributed by atoms with Gasteiger partial charge in [-0.3, -0.25) is 4.79 Å². The van der Waals surface area contributed by atoms with Gasteiger partial charge in [-0.25, -0.2) is 4.79 Å². The maximum atomic E-state index is 12.5. The van der Waals surface area contributed by atoms with Crippen molar-refractivity contribution in [3.63, 3.8) is 0 Å². The lowest BCUT2D eigenvalue weighted by molar-refractivity contribution is -0.139. The van der Waals surface area contributed by atoms with Crippen LogP contribution >= 0.6 is 0 Å². The third-order valence-electron chi connectivity index (χ3n) is 4.63. The fourth-order valence-corrected chi connectivity index (χ4v) is 3.56. The molecular formula is C15H26N2O4. The molecule has 1 unspecified atom stereocenters. The predicted molar refractivity (Wildman–Crippen MR) is 78.0 cm³/mol. The lowest BCUT2D eigenvalue weighted by Gasteiger charge is -2.41. The van der Waals surface area contributed by atoms with Crippen LogP contribution in [0.4, 0.5) is 4.79 Å². The molecule has 2 fully saturated rings. The number of carboxylic acids is 1. The predicted octanol–water partition coefficient (Wildman–Crippen LogP) is 1.72. The number of nitrogens with one attached hydrogen (secondary N) is 1. The third kappa shape index (κ3) is 4.33. The molecule has 2 amide bonds. The van der Waals surface area contributed by atoms with Crippen LogP contribution in [0.15, 0.2) is 0 Å². The van der Waals surface area contributed by atoms with E-state index in [0.717, 1.165) is 38.5 Å². The Kier molecular flexibility index (Phi) is 4.76. The van der Waals surface area contributed by atoms with Crippen molar-refractivity contribution in [1.29, 1.82) is 0 Å². The summed E-state index contributed by atoms with van der Waals surface area (Å²) in [7, 11) is 0. The molecule has 0 aromatic heterocycles. The summed E-state index contributed by atoms with van der Waals surface area (Å²) >= 11 is 0. The average molecular weight is 298 g/mol. The standard InChI is InChI=1S/C15H26N2O4/c1-14(21)6-5-9-17(11-14)13(20)16-15(10-12(18)19)7-3-2-4-8-15/h21H,2-11H2,1H3,(H,16,20)(H,18,19). The van der Waals surface area contributed by atoms with Gasteiger partial charge in [0.15, 0.2) is 0 Å². The van der Waals surface area contributed by atoms with Gasteiger partial charge in [-0.2, -0.15) is 0 Å². The molecule has 1 saturated carbocycles. The Labute approximate surface area is 125 Å². The molecule has 1 heterocycles. The Bertz CT molecular complexity index is 402. The van der Waals surface area contributed by atoms with Crippen LogP contribution in [0.2, 0.25) is 0 Å². The van der Waals surface area contributed by atoms with Gasteiger partial charge in [0.05, 0.1) is 24.1 Å². The van der Waals surface area contributed by atoms with Gasteiger partial charge in [-0.05, 0) is 32.6 Å². The molecule has 1 aliphatic carbocycles. The van der Waals surface area contributed by atoms with Crippen molar-refractivity contribution >= 4 is 12.0 Å². The molecule has 1 aliphatic heterocycles. The molecule has 0 radical (unpaired) electrons. The van der Waals surface area contributed by atoms with E-state index in [0.29, 0.717) is 19.5 Å². The minimum Gasteiger partial charge on any atom is -0.481 e. The van der Waals surface area contributed by atoms with Crippen LogP contribution in [0.3, 0.4) is 0 Å². The second kappa shape index (κ2) is 6.22. The summed E-state index contributed by atoms with van der Waals surface area (Å²) in [4.78, 5) is 25.2. The smallest absolute Gasteiger partial charge is 0.317 e. The number of β-amino-alcohol motifs (C(OH)–C–C–N with tert-alkyl or cyclic N) is 1. The molecule has 3 N–H and O–H groups in total. The summed E-state index contributed by atoms with van der Waals surface area (Å²) < 4.78 is 0. The van der Waals surface area contributed by atoms with Gasteiger partial charge in [0.25, 0.3) is 0 Å². The number of nitrogens with zero attached hydrogens (tertiary/aromatic N) is 1. The summed E-state index contributed by atoms with van der Waals surface area (Å²) in [6.45, 7) is 2.66. The fourth-order valence-electron chi connectivity index (χ4n) is 3.56.